The number of carboxylic acids is 1. The molecule has 17 heavy (non-hydrogen) atoms. The number of nitrogens with zero attached hydrogens (tertiary/aromatic N) is 2. The normalized spacial score (nSPS) is 20.4. The van der Waals surface area contributed by atoms with Crippen molar-refractivity contribution in [2.75, 3.05) is 33.8 Å². The van der Waals surface area contributed by atoms with E-state index in [4.69, 9.17) is 5.11 Å². The maximum atomic E-state index is 11.6. The predicted octanol–water partition coefficient (Wildman–Crippen LogP) is -0.262. The van der Waals surface area contributed by atoms with Gasteiger partial charge in [-0.2, -0.15) is 0 Å². The summed E-state index contributed by atoms with van der Waals surface area (Å²) in [4.78, 5) is 30.1. The first-order chi connectivity index (χ1) is 8.00. The van der Waals surface area contributed by atoms with Crippen molar-refractivity contribution in [2.45, 2.75) is 18.9 Å². The number of carbonyl (C=O) groups is 2. The summed E-state index contributed by atoms with van der Waals surface area (Å²) >= 11 is 0. The molecule has 0 radical (unpaired) electrons. The Morgan fingerprint density at radius 2 is 2.24 bits per heavy atom. The molecule has 0 bridgehead atoms. The molecule has 7 heteroatoms. The summed E-state index contributed by atoms with van der Waals surface area (Å²) in [5.74, 6) is -1.12. The third-order valence-corrected chi connectivity index (χ3v) is 2.77. The van der Waals surface area contributed by atoms with E-state index in [1.54, 1.807) is 4.90 Å². The van der Waals surface area contributed by atoms with Gasteiger partial charge in [0.2, 0.25) is 0 Å². The Hall–Kier alpha value is -1.34. The first-order valence-electron chi connectivity index (χ1n) is 5.55. The molecular weight excluding hydrogens is 226 g/mol. The van der Waals surface area contributed by atoms with Crippen LogP contribution in [0.25, 0.3) is 0 Å². The Kier molecular flexibility index (Phi) is 5.17. The summed E-state index contributed by atoms with van der Waals surface area (Å²) in [6, 6.07) is -0.0354. The highest BCUT2D eigenvalue weighted by atomic mass is 16.7. The molecule has 1 saturated heterocycles. The van der Waals surface area contributed by atoms with Crippen LogP contribution in [0.1, 0.15) is 12.8 Å². The van der Waals surface area contributed by atoms with E-state index in [-0.39, 0.29) is 6.03 Å². The lowest BCUT2D eigenvalue weighted by Crippen LogP contribution is -2.50. The summed E-state index contributed by atoms with van der Waals surface area (Å²) in [7, 11) is 3.96. The molecule has 1 rings (SSSR count). The second kappa shape index (κ2) is 6.41. The maximum absolute atomic E-state index is 11.6. The highest BCUT2D eigenvalue weighted by Gasteiger charge is 2.24. The number of carbonyl (C=O) groups excluding carboxylic acids is 1. The van der Waals surface area contributed by atoms with Gasteiger partial charge >= 0.3 is 12.0 Å². The average Bonchev–Trinajstić information content (AvgIpc) is 2.28. The summed E-state index contributed by atoms with van der Waals surface area (Å²) in [5, 5.41) is 8.35. The van der Waals surface area contributed by atoms with Gasteiger partial charge in [-0.1, -0.05) is 0 Å². The molecule has 0 aromatic rings. The van der Waals surface area contributed by atoms with Crippen molar-refractivity contribution in [1.29, 1.82) is 0 Å². The molecule has 0 aromatic heterocycles. The van der Waals surface area contributed by atoms with Gasteiger partial charge in [-0.25, -0.2) is 15.1 Å². The number of amides is 2. The number of urea groups is 1. The molecule has 1 fully saturated rings. The van der Waals surface area contributed by atoms with Crippen LogP contribution in [0, 0.1) is 0 Å². The van der Waals surface area contributed by atoms with E-state index in [1.165, 1.54) is 0 Å². The third-order valence-electron chi connectivity index (χ3n) is 2.77. The van der Waals surface area contributed by atoms with Crippen LogP contribution >= 0.6 is 0 Å². The molecule has 1 aliphatic heterocycles. The van der Waals surface area contributed by atoms with Gasteiger partial charge in [0.25, 0.3) is 0 Å². The molecule has 1 aliphatic rings. The van der Waals surface area contributed by atoms with E-state index in [0.717, 1.165) is 12.8 Å². The van der Waals surface area contributed by atoms with E-state index in [1.807, 2.05) is 14.1 Å². The Balaban J connectivity index is 2.33. The summed E-state index contributed by atoms with van der Waals surface area (Å²) in [6.07, 6.45) is 2.00. The van der Waals surface area contributed by atoms with Gasteiger partial charge in [-0.3, -0.25) is 4.84 Å². The molecular formula is C10H19N3O4. The maximum Gasteiger partial charge on any atom is 0.341 e. The summed E-state index contributed by atoms with van der Waals surface area (Å²) in [6.45, 7) is 0.776. The number of carboxylic acid groups (broad SMARTS) is 1. The van der Waals surface area contributed by atoms with Crippen LogP contribution in [0.3, 0.4) is 0 Å². The number of piperidine rings is 1. The number of nitrogens with one attached hydrogen (secondary N) is 1. The van der Waals surface area contributed by atoms with Gasteiger partial charge in [0.05, 0.1) is 0 Å². The van der Waals surface area contributed by atoms with E-state index in [9.17, 15) is 9.59 Å². The number of rotatable bonds is 4. The van der Waals surface area contributed by atoms with Gasteiger partial charge in [-0.15, -0.1) is 0 Å². The number of likely N-dealkylation sites (N-methyl/N-ethyl adjacent to an activating group) is 1. The number of hydrogen-bond acceptors (Lipinski definition) is 4. The topological polar surface area (TPSA) is 82.1 Å². The monoisotopic (exact) mass is 245 g/mol. The zero-order valence-corrected chi connectivity index (χ0v) is 10.2. The minimum Gasteiger partial charge on any atom is -0.479 e. The fourth-order valence-corrected chi connectivity index (χ4v) is 1.78. The smallest absolute Gasteiger partial charge is 0.341 e. The third kappa shape index (κ3) is 4.58. The largest absolute Gasteiger partial charge is 0.479 e. The zero-order chi connectivity index (χ0) is 12.8. The number of hydroxylamine groups is 1. The molecule has 0 aromatic carbocycles. The molecule has 7 nitrogen and oxygen atoms in total. The highest BCUT2D eigenvalue weighted by molar-refractivity contribution is 5.73. The second-order valence-electron chi connectivity index (χ2n) is 4.30. The van der Waals surface area contributed by atoms with Crippen molar-refractivity contribution >= 4 is 12.0 Å². The van der Waals surface area contributed by atoms with Crippen LogP contribution in [0.2, 0.25) is 0 Å². The molecule has 1 unspecified atom stereocenters. The molecule has 0 aliphatic carbocycles. The molecule has 98 valence electrons. The highest BCUT2D eigenvalue weighted by Crippen LogP contribution is 2.13. The van der Waals surface area contributed by atoms with E-state index in [2.05, 4.69) is 15.2 Å². The second-order valence-corrected chi connectivity index (χ2v) is 4.30. The van der Waals surface area contributed by atoms with Crippen molar-refractivity contribution in [2.24, 2.45) is 0 Å². The first kappa shape index (κ1) is 13.7. The van der Waals surface area contributed by atoms with Crippen molar-refractivity contribution in [3.63, 3.8) is 0 Å². The lowest BCUT2D eigenvalue weighted by molar-refractivity contribution is -0.144. The Morgan fingerprint density at radius 3 is 2.82 bits per heavy atom. The van der Waals surface area contributed by atoms with Gasteiger partial charge in [0.15, 0.2) is 6.61 Å². The minimum absolute atomic E-state index is 0.342. The quantitative estimate of drug-likeness (QED) is 0.667. The van der Waals surface area contributed by atoms with Crippen LogP contribution in [-0.2, 0) is 9.63 Å². The van der Waals surface area contributed by atoms with Crippen molar-refractivity contribution in [1.82, 2.24) is 15.3 Å². The Bertz CT molecular complexity index is 283. The van der Waals surface area contributed by atoms with Crippen molar-refractivity contribution in [3.05, 3.63) is 0 Å². The summed E-state index contributed by atoms with van der Waals surface area (Å²) < 4.78 is 0. The van der Waals surface area contributed by atoms with Crippen LogP contribution in [-0.4, -0.2) is 66.7 Å². The fraction of sp³-hybridized carbons (Fsp3) is 0.800. The summed E-state index contributed by atoms with van der Waals surface area (Å²) in [5.41, 5.74) is 2.13. The SMILES string of the molecule is CN(C)C1CCCN(C(=O)NOCC(=O)O)C1. The lowest BCUT2D eigenvalue weighted by Gasteiger charge is -2.35. The van der Waals surface area contributed by atoms with Crippen LogP contribution < -0.4 is 5.48 Å². The predicted molar refractivity (Wildman–Crippen MR) is 60.4 cm³/mol. The standard InChI is InChI=1S/C10H19N3O4/c1-12(2)8-4-3-5-13(6-8)10(16)11-17-7-9(14)15/h8H,3-7H2,1-2H3,(H,11,16)(H,14,15). The lowest BCUT2D eigenvalue weighted by atomic mass is 10.1. The van der Waals surface area contributed by atoms with Crippen molar-refractivity contribution in [3.8, 4) is 0 Å². The molecule has 2 amide bonds. The van der Waals surface area contributed by atoms with Gasteiger partial charge in [0.1, 0.15) is 0 Å². The fourth-order valence-electron chi connectivity index (χ4n) is 1.78. The molecule has 2 N–H and O–H groups in total. The van der Waals surface area contributed by atoms with Crippen LogP contribution in [0.4, 0.5) is 4.79 Å². The number of hydrogen-bond donors (Lipinski definition) is 2. The molecule has 1 atom stereocenters. The van der Waals surface area contributed by atoms with E-state index >= 15 is 0 Å². The molecule has 0 spiro atoms. The first-order valence-corrected chi connectivity index (χ1v) is 5.55. The number of likely N-dealkylation sites (tertiary alicyclic amines) is 1. The van der Waals surface area contributed by atoms with Crippen LogP contribution in [0.15, 0.2) is 0 Å². The van der Waals surface area contributed by atoms with Crippen LogP contribution in [0.5, 0.6) is 0 Å². The molecule has 0 saturated carbocycles. The van der Waals surface area contributed by atoms with Gasteiger partial charge in [0, 0.05) is 19.1 Å². The minimum atomic E-state index is -1.12. The van der Waals surface area contributed by atoms with E-state index < -0.39 is 12.6 Å². The van der Waals surface area contributed by atoms with E-state index in [0.29, 0.717) is 19.1 Å². The van der Waals surface area contributed by atoms with Gasteiger partial charge < -0.3 is 14.9 Å². The Labute approximate surface area is 100 Å². The Morgan fingerprint density at radius 1 is 1.53 bits per heavy atom. The zero-order valence-electron chi connectivity index (χ0n) is 10.2. The number of aliphatic carboxylic acids is 1. The molecule has 1 heterocycles. The van der Waals surface area contributed by atoms with Crippen molar-refractivity contribution < 1.29 is 19.5 Å². The average molecular weight is 245 g/mol. The van der Waals surface area contributed by atoms with Gasteiger partial charge in [-0.05, 0) is 26.9 Å².